The minimum absolute atomic E-state index is 0.282. The van der Waals surface area contributed by atoms with Crippen molar-refractivity contribution >= 4 is 33.0 Å². The Labute approximate surface area is 158 Å². The summed E-state index contributed by atoms with van der Waals surface area (Å²) in [4.78, 5) is 16.8. The number of anilines is 1. The summed E-state index contributed by atoms with van der Waals surface area (Å²) in [6, 6.07) is 13.5. The Balaban J connectivity index is 1.42. The van der Waals surface area contributed by atoms with E-state index in [1.165, 1.54) is 23.7 Å². The lowest BCUT2D eigenvalue weighted by atomic mass is 10.2. The lowest BCUT2D eigenvalue weighted by Gasteiger charge is -2.08. The van der Waals surface area contributed by atoms with Crippen LogP contribution in [0.15, 0.2) is 61.2 Å². The zero-order valence-corrected chi connectivity index (χ0v) is 14.9. The average Bonchev–Trinajstić information content (AvgIpc) is 3.32. The molecule has 0 aliphatic carbocycles. The van der Waals surface area contributed by atoms with Gasteiger partial charge < -0.3 is 10.1 Å². The Morgan fingerprint density at radius 1 is 1.22 bits per heavy atom. The number of hydrogen-bond donors (Lipinski definition) is 1. The van der Waals surface area contributed by atoms with Gasteiger partial charge in [0.1, 0.15) is 30.8 Å². The molecule has 0 fully saturated rings. The topological polar surface area (TPSA) is 69.0 Å². The van der Waals surface area contributed by atoms with Gasteiger partial charge in [-0.3, -0.25) is 4.79 Å². The SMILES string of the molecule is O=C(Nc1cccc(OCCn2cncn2)c1)c1cc2c(F)cccc2s1. The number of fused-ring (bicyclic) bond motifs is 1. The monoisotopic (exact) mass is 382 g/mol. The molecule has 27 heavy (non-hydrogen) atoms. The summed E-state index contributed by atoms with van der Waals surface area (Å²) < 4.78 is 21.9. The molecular formula is C19H15FN4O2S. The number of nitrogens with zero attached hydrogens (tertiary/aromatic N) is 3. The zero-order chi connectivity index (χ0) is 18.6. The van der Waals surface area contributed by atoms with Crippen LogP contribution in [-0.2, 0) is 6.54 Å². The first-order chi connectivity index (χ1) is 13.2. The fraction of sp³-hybridized carbons (Fsp3) is 0.105. The third-order valence-electron chi connectivity index (χ3n) is 3.88. The molecule has 1 N–H and O–H groups in total. The first-order valence-corrected chi connectivity index (χ1v) is 9.05. The van der Waals surface area contributed by atoms with Gasteiger partial charge in [-0.1, -0.05) is 12.1 Å². The summed E-state index contributed by atoms with van der Waals surface area (Å²) in [7, 11) is 0. The minimum atomic E-state index is -0.328. The standard InChI is InChI=1S/C19H15FN4O2S/c20-16-5-2-6-17-15(16)10-18(27-17)19(25)23-13-3-1-4-14(9-13)26-8-7-24-12-21-11-22-24/h1-6,9-12H,7-8H2,(H,23,25). The van der Waals surface area contributed by atoms with Gasteiger partial charge in [0.15, 0.2) is 0 Å². The van der Waals surface area contributed by atoms with Gasteiger partial charge in [0.2, 0.25) is 0 Å². The Bertz CT molecular complexity index is 1080. The highest BCUT2D eigenvalue weighted by Gasteiger charge is 2.13. The Kier molecular flexibility index (Phi) is 4.80. The first-order valence-electron chi connectivity index (χ1n) is 8.24. The molecule has 0 saturated carbocycles. The summed E-state index contributed by atoms with van der Waals surface area (Å²) in [5, 5.41) is 7.29. The molecule has 0 spiro atoms. The number of aromatic nitrogens is 3. The maximum Gasteiger partial charge on any atom is 0.265 e. The quantitative estimate of drug-likeness (QED) is 0.548. The van der Waals surface area contributed by atoms with E-state index >= 15 is 0 Å². The highest BCUT2D eigenvalue weighted by molar-refractivity contribution is 7.20. The minimum Gasteiger partial charge on any atom is -0.492 e. The van der Waals surface area contributed by atoms with Gasteiger partial charge in [-0.05, 0) is 30.3 Å². The van der Waals surface area contributed by atoms with Crippen molar-refractivity contribution < 1.29 is 13.9 Å². The van der Waals surface area contributed by atoms with Crippen LogP contribution in [0.4, 0.5) is 10.1 Å². The summed E-state index contributed by atoms with van der Waals surface area (Å²) in [6.07, 6.45) is 3.09. The number of rotatable bonds is 6. The first kappa shape index (κ1) is 17.2. The van der Waals surface area contributed by atoms with Crippen LogP contribution >= 0.6 is 11.3 Å². The zero-order valence-electron chi connectivity index (χ0n) is 14.1. The summed E-state index contributed by atoms with van der Waals surface area (Å²) >= 11 is 1.26. The van der Waals surface area contributed by atoms with E-state index in [2.05, 4.69) is 15.4 Å². The van der Waals surface area contributed by atoms with Crippen LogP contribution in [0.25, 0.3) is 10.1 Å². The second-order valence-electron chi connectivity index (χ2n) is 5.75. The van der Waals surface area contributed by atoms with Crippen LogP contribution in [0.5, 0.6) is 5.75 Å². The highest BCUT2D eigenvalue weighted by Crippen LogP contribution is 2.28. The normalized spacial score (nSPS) is 10.9. The molecule has 0 saturated heterocycles. The summed E-state index contributed by atoms with van der Waals surface area (Å²) in [5.41, 5.74) is 0.608. The fourth-order valence-corrected chi connectivity index (χ4v) is 3.57. The van der Waals surface area contributed by atoms with Crippen molar-refractivity contribution in [1.29, 1.82) is 0 Å². The van der Waals surface area contributed by atoms with Gasteiger partial charge in [0.05, 0.1) is 11.4 Å². The van der Waals surface area contributed by atoms with Gasteiger partial charge in [-0.25, -0.2) is 14.1 Å². The fourth-order valence-electron chi connectivity index (χ4n) is 2.60. The molecular weight excluding hydrogens is 367 g/mol. The number of hydrogen-bond acceptors (Lipinski definition) is 5. The average molecular weight is 382 g/mol. The Hall–Kier alpha value is -3.26. The summed E-state index contributed by atoms with van der Waals surface area (Å²) in [5.74, 6) is 0.0243. The number of carbonyl (C=O) groups is 1. The predicted molar refractivity (Wildman–Crippen MR) is 102 cm³/mol. The van der Waals surface area contributed by atoms with Crippen LogP contribution in [0.2, 0.25) is 0 Å². The maximum atomic E-state index is 13.8. The molecule has 4 rings (SSSR count). The molecule has 0 bridgehead atoms. The van der Waals surface area contributed by atoms with Crippen molar-refractivity contribution in [3.05, 3.63) is 71.9 Å². The maximum absolute atomic E-state index is 13.8. The molecule has 136 valence electrons. The number of ether oxygens (including phenoxy) is 1. The van der Waals surface area contributed by atoms with Gasteiger partial charge in [0.25, 0.3) is 5.91 Å². The van der Waals surface area contributed by atoms with Crippen molar-refractivity contribution in [3.63, 3.8) is 0 Å². The molecule has 6 nitrogen and oxygen atoms in total. The largest absolute Gasteiger partial charge is 0.492 e. The third kappa shape index (κ3) is 3.95. The van der Waals surface area contributed by atoms with Gasteiger partial charge in [0, 0.05) is 21.8 Å². The molecule has 8 heteroatoms. The number of benzene rings is 2. The van der Waals surface area contributed by atoms with Crippen LogP contribution in [0, 0.1) is 5.82 Å². The van der Waals surface area contributed by atoms with Crippen molar-refractivity contribution in [2.45, 2.75) is 6.54 Å². The van der Waals surface area contributed by atoms with Crippen molar-refractivity contribution in [2.24, 2.45) is 0 Å². The van der Waals surface area contributed by atoms with Crippen LogP contribution in [-0.4, -0.2) is 27.3 Å². The molecule has 0 aliphatic rings. The highest BCUT2D eigenvalue weighted by atomic mass is 32.1. The molecule has 1 amide bonds. The lowest BCUT2D eigenvalue weighted by molar-refractivity contribution is 0.103. The molecule has 2 aromatic carbocycles. The van der Waals surface area contributed by atoms with E-state index in [0.717, 1.165) is 4.70 Å². The number of halogens is 1. The van der Waals surface area contributed by atoms with Crippen LogP contribution in [0.1, 0.15) is 9.67 Å². The molecule has 0 radical (unpaired) electrons. The second kappa shape index (κ2) is 7.55. The lowest BCUT2D eigenvalue weighted by Crippen LogP contribution is -2.11. The molecule has 0 atom stereocenters. The molecule has 0 unspecified atom stereocenters. The van der Waals surface area contributed by atoms with Crippen molar-refractivity contribution in [2.75, 3.05) is 11.9 Å². The van der Waals surface area contributed by atoms with E-state index in [-0.39, 0.29) is 11.7 Å². The van der Waals surface area contributed by atoms with Crippen molar-refractivity contribution in [1.82, 2.24) is 14.8 Å². The van der Waals surface area contributed by atoms with Crippen molar-refractivity contribution in [3.8, 4) is 5.75 Å². The smallest absolute Gasteiger partial charge is 0.265 e. The van der Waals surface area contributed by atoms with E-state index in [1.54, 1.807) is 47.4 Å². The van der Waals surface area contributed by atoms with Gasteiger partial charge in [-0.15, -0.1) is 11.3 Å². The number of amides is 1. The number of carbonyl (C=O) groups excluding carboxylic acids is 1. The van der Waals surface area contributed by atoms with Gasteiger partial charge >= 0.3 is 0 Å². The predicted octanol–water partition coefficient (Wildman–Crippen LogP) is 3.96. The van der Waals surface area contributed by atoms with E-state index in [4.69, 9.17) is 4.74 Å². The molecule has 2 aromatic heterocycles. The van der Waals surface area contributed by atoms with Crippen LogP contribution in [0.3, 0.4) is 0 Å². The number of thiophene rings is 1. The molecule has 0 aliphatic heterocycles. The Morgan fingerprint density at radius 2 is 2.11 bits per heavy atom. The third-order valence-corrected chi connectivity index (χ3v) is 4.98. The van der Waals surface area contributed by atoms with Crippen LogP contribution < -0.4 is 10.1 Å². The Morgan fingerprint density at radius 3 is 2.93 bits per heavy atom. The van der Waals surface area contributed by atoms with E-state index in [0.29, 0.717) is 34.9 Å². The molecule has 4 aromatic rings. The molecule has 2 heterocycles. The number of nitrogens with one attached hydrogen (secondary N) is 1. The summed E-state index contributed by atoms with van der Waals surface area (Å²) in [6.45, 7) is 1.00. The van der Waals surface area contributed by atoms with E-state index in [9.17, 15) is 9.18 Å². The van der Waals surface area contributed by atoms with E-state index in [1.807, 2.05) is 6.07 Å². The second-order valence-corrected chi connectivity index (χ2v) is 6.84. The van der Waals surface area contributed by atoms with E-state index < -0.39 is 0 Å². The van der Waals surface area contributed by atoms with Gasteiger partial charge in [-0.2, -0.15) is 5.10 Å².